The number of amides is 1. The zero-order valence-electron chi connectivity index (χ0n) is 17.7. The number of carbonyl (C=O) groups excluding carboxylic acids is 1. The number of hydrogen-bond acceptors (Lipinski definition) is 6. The molecule has 0 saturated heterocycles. The molecule has 7 heteroatoms. The summed E-state index contributed by atoms with van der Waals surface area (Å²) in [4.78, 5) is 25.4. The molecule has 0 fully saturated rings. The van der Waals surface area contributed by atoms with Crippen LogP contribution in [-0.2, 0) is 12.8 Å². The van der Waals surface area contributed by atoms with Crippen LogP contribution in [0.1, 0.15) is 45.4 Å². The van der Waals surface area contributed by atoms with Crippen LogP contribution in [0.15, 0.2) is 59.6 Å². The third kappa shape index (κ3) is 4.66. The Morgan fingerprint density at radius 2 is 1.94 bits per heavy atom. The molecule has 4 aromatic rings. The number of pyridine rings is 1. The second-order valence-corrected chi connectivity index (χ2v) is 7.38. The van der Waals surface area contributed by atoms with E-state index in [1.807, 2.05) is 19.9 Å². The number of aromatic nitrogens is 4. The topological polar surface area (TPSA) is 93.8 Å². The molecule has 0 bridgehead atoms. The minimum Gasteiger partial charge on any atom is -0.361 e. The number of nitrogens with one attached hydrogen (secondary N) is 1. The van der Waals surface area contributed by atoms with Gasteiger partial charge >= 0.3 is 0 Å². The van der Waals surface area contributed by atoms with Crippen molar-refractivity contribution in [3.63, 3.8) is 0 Å². The molecule has 7 nitrogen and oxygen atoms in total. The fraction of sp³-hybridized carbons (Fsp3) is 0.208. The second-order valence-electron chi connectivity index (χ2n) is 7.38. The van der Waals surface area contributed by atoms with E-state index in [9.17, 15) is 4.79 Å². The maximum Gasteiger partial charge on any atom is 0.258 e. The standard InChI is InChI=1S/C24H23N5O2/c1-4-18-6-5-17(10-19-9-16(3)31-29-19)11-20(18)22-13-27-23(14-26-22)28-24(30)21-12-25-8-7-15(21)2/h5-9,11-14H,4,10H2,1-3H3,(H,27,28,30). The van der Waals surface area contributed by atoms with Crippen LogP contribution in [0, 0.1) is 13.8 Å². The molecule has 156 valence electrons. The largest absolute Gasteiger partial charge is 0.361 e. The van der Waals surface area contributed by atoms with Crippen LogP contribution in [0.5, 0.6) is 0 Å². The van der Waals surface area contributed by atoms with Crippen molar-refractivity contribution < 1.29 is 9.32 Å². The Balaban J connectivity index is 1.55. The van der Waals surface area contributed by atoms with E-state index in [0.29, 0.717) is 17.8 Å². The van der Waals surface area contributed by atoms with E-state index in [1.165, 1.54) is 5.56 Å². The van der Waals surface area contributed by atoms with Crippen molar-refractivity contribution in [3.8, 4) is 11.3 Å². The van der Waals surface area contributed by atoms with Gasteiger partial charge in [-0.25, -0.2) is 4.98 Å². The highest BCUT2D eigenvalue weighted by Gasteiger charge is 2.12. The van der Waals surface area contributed by atoms with Gasteiger partial charge in [0.05, 0.1) is 29.3 Å². The third-order valence-electron chi connectivity index (χ3n) is 5.07. The minimum absolute atomic E-state index is 0.258. The molecule has 1 N–H and O–H groups in total. The van der Waals surface area contributed by atoms with Gasteiger partial charge in [-0.3, -0.25) is 14.8 Å². The van der Waals surface area contributed by atoms with Gasteiger partial charge in [-0.15, -0.1) is 0 Å². The van der Waals surface area contributed by atoms with Crippen molar-refractivity contribution in [2.24, 2.45) is 0 Å². The van der Waals surface area contributed by atoms with Gasteiger partial charge in [0.15, 0.2) is 5.82 Å². The van der Waals surface area contributed by atoms with Crippen molar-refractivity contribution in [2.45, 2.75) is 33.6 Å². The first-order valence-corrected chi connectivity index (χ1v) is 10.1. The molecule has 31 heavy (non-hydrogen) atoms. The highest BCUT2D eigenvalue weighted by atomic mass is 16.5. The van der Waals surface area contributed by atoms with Gasteiger partial charge in [-0.2, -0.15) is 0 Å². The van der Waals surface area contributed by atoms with Gasteiger partial charge in [-0.1, -0.05) is 24.2 Å². The molecule has 0 aliphatic rings. The van der Waals surface area contributed by atoms with Gasteiger partial charge in [0.2, 0.25) is 0 Å². The van der Waals surface area contributed by atoms with Gasteiger partial charge in [-0.05, 0) is 49.1 Å². The Kier molecular flexibility index (Phi) is 5.84. The predicted octanol–water partition coefficient (Wildman–Crippen LogP) is 4.55. The molecule has 0 atom stereocenters. The molecule has 4 rings (SSSR count). The Morgan fingerprint density at radius 1 is 1.06 bits per heavy atom. The number of hydrogen-bond donors (Lipinski definition) is 1. The van der Waals surface area contributed by atoms with Crippen LogP contribution in [0.4, 0.5) is 5.82 Å². The van der Waals surface area contributed by atoms with Crippen LogP contribution in [0.2, 0.25) is 0 Å². The van der Waals surface area contributed by atoms with E-state index >= 15 is 0 Å². The van der Waals surface area contributed by atoms with E-state index in [4.69, 9.17) is 4.52 Å². The number of nitrogens with zero attached hydrogens (tertiary/aromatic N) is 4. The summed E-state index contributed by atoms with van der Waals surface area (Å²) >= 11 is 0. The quantitative estimate of drug-likeness (QED) is 0.498. The van der Waals surface area contributed by atoms with E-state index in [1.54, 1.807) is 30.9 Å². The third-order valence-corrected chi connectivity index (χ3v) is 5.07. The van der Waals surface area contributed by atoms with Gasteiger partial charge < -0.3 is 9.84 Å². The summed E-state index contributed by atoms with van der Waals surface area (Å²) in [6.45, 7) is 5.86. The SMILES string of the molecule is CCc1ccc(Cc2cc(C)on2)cc1-c1cnc(NC(=O)c2cnccc2C)cn1. The molecule has 3 aromatic heterocycles. The molecule has 3 heterocycles. The molecule has 0 unspecified atom stereocenters. The van der Waals surface area contributed by atoms with Gasteiger partial charge in [0, 0.05) is 30.4 Å². The smallest absolute Gasteiger partial charge is 0.258 e. The van der Waals surface area contributed by atoms with Crippen LogP contribution >= 0.6 is 0 Å². The summed E-state index contributed by atoms with van der Waals surface area (Å²) in [7, 11) is 0. The highest BCUT2D eigenvalue weighted by molar-refractivity contribution is 6.04. The number of carbonyl (C=O) groups is 1. The Labute approximate surface area is 180 Å². The molecule has 0 saturated carbocycles. The van der Waals surface area contributed by atoms with Crippen LogP contribution in [-0.4, -0.2) is 26.0 Å². The summed E-state index contributed by atoms with van der Waals surface area (Å²) in [6, 6.07) is 10.1. The van der Waals surface area contributed by atoms with Crippen LogP contribution in [0.3, 0.4) is 0 Å². The summed E-state index contributed by atoms with van der Waals surface area (Å²) in [5, 5.41) is 6.86. The van der Waals surface area contributed by atoms with E-state index < -0.39 is 0 Å². The molecular formula is C24H23N5O2. The molecule has 0 aliphatic carbocycles. The van der Waals surface area contributed by atoms with Crippen molar-refractivity contribution >= 4 is 11.7 Å². The summed E-state index contributed by atoms with van der Waals surface area (Å²) in [5.41, 5.74) is 6.33. The molecule has 1 aromatic carbocycles. The van der Waals surface area contributed by atoms with Crippen molar-refractivity contribution in [1.82, 2.24) is 20.1 Å². The first-order chi connectivity index (χ1) is 15.0. The Bertz CT molecular complexity index is 1210. The average Bonchev–Trinajstić information content (AvgIpc) is 3.19. The first kappa shape index (κ1) is 20.4. The van der Waals surface area contributed by atoms with Crippen LogP contribution < -0.4 is 5.32 Å². The van der Waals surface area contributed by atoms with E-state index in [-0.39, 0.29) is 5.91 Å². The number of aryl methyl sites for hydroxylation is 3. The van der Waals surface area contributed by atoms with Crippen molar-refractivity contribution in [1.29, 1.82) is 0 Å². The lowest BCUT2D eigenvalue weighted by molar-refractivity contribution is 0.102. The number of rotatable bonds is 6. The molecule has 1 amide bonds. The fourth-order valence-electron chi connectivity index (χ4n) is 3.41. The maximum atomic E-state index is 12.5. The second kappa shape index (κ2) is 8.87. The predicted molar refractivity (Wildman–Crippen MR) is 118 cm³/mol. The lowest BCUT2D eigenvalue weighted by Gasteiger charge is -2.11. The lowest BCUT2D eigenvalue weighted by atomic mass is 9.97. The average molecular weight is 413 g/mol. The number of benzene rings is 1. The minimum atomic E-state index is -0.258. The zero-order valence-corrected chi connectivity index (χ0v) is 17.7. The van der Waals surface area contributed by atoms with Crippen molar-refractivity contribution in [3.05, 3.63) is 88.8 Å². The Morgan fingerprint density at radius 3 is 2.61 bits per heavy atom. The van der Waals surface area contributed by atoms with Gasteiger partial charge in [0.25, 0.3) is 5.91 Å². The molecule has 0 spiro atoms. The summed E-state index contributed by atoms with van der Waals surface area (Å²) < 4.78 is 5.17. The summed E-state index contributed by atoms with van der Waals surface area (Å²) in [6.07, 6.45) is 8.02. The first-order valence-electron chi connectivity index (χ1n) is 10.1. The van der Waals surface area contributed by atoms with Crippen LogP contribution in [0.25, 0.3) is 11.3 Å². The van der Waals surface area contributed by atoms with Crippen molar-refractivity contribution in [2.75, 3.05) is 5.32 Å². The van der Waals surface area contributed by atoms with E-state index in [2.05, 4.69) is 50.5 Å². The molecular weight excluding hydrogens is 390 g/mol. The van der Waals surface area contributed by atoms with Gasteiger partial charge in [0.1, 0.15) is 5.76 Å². The van der Waals surface area contributed by atoms with E-state index in [0.717, 1.165) is 40.3 Å². The molecule has 0 radical (unpaired) electrons. The fourth-order valence-corrected chi connectivity index (χ4v) is 3.41. The summed E-state index contributed by atoms with van der Waals surface area (Å²) in [5.74, 6) is 0.932. The number of anilines is 1. The monoisotopic (exact) mass is 413 g/mol. The lowest BCUT2D eigenvalue weighted by Crippen LogP contribution is -2.14. The highest BCUT2D eigenvalue weighted by Crippen LogP contribution is 2.25. The zero-order chi connectivity index (χ0) is 21.8. The maximum absolute atomic E-state index is 12.5. The normalized spacial score (nSPS) is 10.8. The Hall–Kier alpha value is -3.87. The molecule has 0 aliphatic heterocycles.